The quantitative estimate of drug-likeness (QED) is 0.459. The van der Waals surface area contributed by atoms with Gasteiger partial charge < -0.3 is 0 Å². The highest BCUT2D eigenvalue weighted by Crippen LogP contribution is 2.52. The Hall–Kier alpha value is -1.42. The number of halogens is 2. The van der Waals surface area contributed by atoms with Crippen LogP contribution in [0.25, 0.3) is 9.15 Å². The highest BCUT2D eigenvalue weighted by atomic mass is 127. The van der Waals surface area contributed by atoms with Crippen LogP contribution in [0.4, 0.5) is 4.39 Å². The molecule has 1 aliphatic rings. The number of hydrogen-bond acceptors (Lipinski definition) is 0. The van der Waals surface area contributed by atoms with Gasteiger partial charge in [-0.15, -0.1) is 0 Å². The van der Waals surface area contributed by atoms with Crippen molar-refractivity contribution >= 4 is 31.7 Å². The Kier molecular flexibility index (Phi) is 3.50. The summed E-state index contributed by atoms with van der Waals surface area (Å²) in [7, 11) is 0. The van der Waals surface area contributed by atoms with E-state index in [1.54, 1.807) is 6.07 Å². The van der Waals surface area contributed by atoms with Gasteiger partial charge in [0, 0.05) is 9.50 Å². The van der Waals surface area contributed by atoms with E-state index < -0.39 is 0 Å². The Morgan fingerprint density at radius 2 is 1.85 bits per heavy atom. The Bertz CT molecular complexity index is 713. The molecule has 0 spiro atoms. The van der Waals surface area contributed by atoms with Gasteiger partial charge >= 0.3 is 0 Å². The maximum Gasteiger partial charge on any atom is 0.123 e. The van der Waals surface area contributed by atoms with E-state index in [4.69, 9.17) is 0 Å². The van der Waals surface area contributed by atoms with Crippen LogP contribution in [0.3, 0.4) is 0 Å². The lowest BCUT2D eigenvalue weighted by Gasteiger charge is -2.17. The van der Waals surface area contributed by atoms with Gasteiger partial charge in [-0.1, -0.05) is 48.6 Å². The number of rotatable bonds is 2. The zero-order valence-corrected chi connectivity index (χ0v) is 13.3. The van der Waals surface area contributed by atoms with Crippen molar-refractivity contribution in [3.8, 4) is 0 Å². The van der Waals surface area contributed by atoms with Gasteiger partial charge in [-0.2, -0.15) is 0 Å². The van der Waals surface area contributed by atoms with E-state index in [2.05, 4.69) is 41.3 Å². The van der Waals surface area contributed by atoms with Crippen LogP contribution in [0.15, 0.2) is 60.7 Å². The maximum absolute atomic E-state index is 13.6. The molecule has 3 rings (SSSR count). The first kappa shape index (κ1) is 13.6. The van der Waals surface area contributed by atoms with Crippen molar-refractivity contribution in [2.75, 3.05) is 0 Å². The van der Waals surface area contributed by atoms with Gasteiger partial charge in [0.1, 0.15) is 5.82 Å². The molecule has 0 N–H and O–H groups in total. The van der Waals surface area contributed by atoms with Crippen molar-refractivity contribution in [2.24, 2.45) is 0 Å². The highest BCUT2D eigenvalue weighted by Gasteiger charge is 2.31. The fourth-order valence-electron chi connectivity index (χ4n) is 2.82. The number of benzene rings is 2. The first-order valence-electron chi connectivity index (χ1n) is 6.50. The summed E-state index contributed by atoms with van der Waals surface area (Å²) in [5.74, 6) is -0.108. The van der Waals surface area contributed by atoms with Crippen molar-refractivity contribution in [1.29, 1.82) is 0 Å². The molecule has 1 unspecified atom stereocenters. The molecule has 2 aromatic carbocycles. The lowest BCUT2D eigenvalue weighted by atomic mass is 9.86. The van der Waals surface area contributed by atoms with E-state index in [-0.39, 0.29) is 11.7 Å². The zero-order chi connectivity index (χ0) is 14.3. The summed E-state index contributed by atoms with van der Waals surface area (Å²) in [5, 5.41) is 0. The third kappa shape index (κ3) is 2.12. The number of allylic oxidation sites excluding steroid dienone is 2. The Morgan fingerprint density at radius 3 is 2.50 bits per heavy atom. The van der Waals surface area contributed by atoms with Crippen LogP contribution in [0.2, 0.25) is 0 Å². The summed E-state index contributed by atoms with van der Waals surface area (Å²) in [6.07, 6.45) is 0. The van der Waals surface area contributed by atoms with Gasteiger partial charge in [-0.25, -0.2) is 4.39 Å². The first-order chi connectivity index (χ1) is 9.59. The van der Waals surface area contributed by atoms with Crippen LogP contribution in [-0.4, -0.2) is 0 Å². The smallest absolute Gasteiger partial charge is 0.123 e. The van der Waals surface area contributed by atoms with Gasteiger partial charge in [0.25, 0.3) is 0 Å². The van der Waals surface area contributed by atoms with Crippen molar-refractivity contribution < 1.29 is 4.39 Å². The summed E-state index contributed by atoms with van der Waals surface area (Å²) in [6, 6.07) is 15.3. The van der Waals surface area contributed by atoms with Crippen molar-refractivity contribution in [3.63, 3.8) is 0 Å². The second-order valence-electron chi connectivity index (χ2n) is 5.10. The molecular weight excluding hydrogens is 362 g/mol. The Balaban J connectivity index is 2.24. The van der Waals surface area contributed by atoms with Crippen LogP contribution in [0.1, 0.15) is 29.5 Å². The molecule has 0 fully saturated rings. The Morgan fingerprint density at radius 1 is 1.15 bits per heavy atom. The van der Waals surface area contributed by atoms with E-state index in [0.29, 0.717) is 0 Å². The van der Waals surface area contributed by atoms with E-state index in [9.17, 15) is 4.39 Å². The van der Waals surface area contributed by atoms with E-state index in [0.717, 1.165) is 16.7 Å². The summed E-state index contributed by atoms with van der Waals surface area (Å²) in [4.78, 5) is 0. The number of hydrogen-bond donors (Lipinski definition) is 0. The maximum atomic E-state index is 13.6. The molecule has 0 nitrogen and oxygen atoms in total. The summed E-state index contributed by atoms with van der Waals surface area (Å²) in [5.41, 5.74) is 5.61. The molecule has 1 atom stereocenters. The zero-order valence-electron chi connectivity index (χ0n) is 11.2. The second kappa shape index (κ2) is 5.17. The molecule has 0 radical (unpaired) electrons. The topological polar surface area (TPSA) is 0 Å². The third-order valence-electron chi connectivity index (χ3n) is 3.66. The molecule has 20 heavy (non-hydrogen) atoms. The first-order valence-corrected chi connectivity index (χ1v) is 7.58. The molecule has 0 amide bonds. The van der Waals surface area contributed by atoms with E-state index in [1.165, 1.54) is 20.8 Å². The average molecular weight is 376 g/mol. The molecule has 0 heterocycles. The van der Waals surface area contributed by atoms with Crippen LogP contribution in [0.5, 0.6) is 0 Å². The molecule has 0 saturated heterocycles. The van der Waals surface area contributed by atoms with Gasteiger partial charge in [0.05, 0.1) is 0 Å². The summed E-state index contributed by atoms with van der Waals surface area (Å²) in [6.45, 7) is 6.13. The molecule has 0 bridgehead atoms. The van der Waals surface area contributed by atoms with Gasteiger partial charge in [-0.05, 0) is 63.9 Å². The van der Waals surface area contributed by atoms with Gasteiger partial charge in [0.2, 0.25) is 0 Å². The number of fused-ring (bicyclic) bond motifs is 1. The summed E-state index contributed by atoms with van der Waals surface area (Å²) < 4.78 is 14.8. The molecule has 2 aromatic rings. The lowest BCUT2D eigenvalue weighted by Crippen LogP contribution is -2.00. The van der Waals surface area contributed by atoms with Crippen molar-refractivity contribution in [1.82, 2.24) is 0 Å². The van der Waals surface area contributed by atoms with Crippen molar-refractivity contribution in [3.05, 3.63) is 83.2 Å². The van der Waals surface area contributed by atoms with Crippen molar-refractivity contribution in [2.45, 2.75) is 12.8 Å². The largest absolute Gasteiger partial charge is 0.207 e. The monoisotopic (exact) mass is 376 g/mol. The molecule has 0 aromatic heterocycles. The second-order valence-corrected chi connectivity index (χ2v) is 6.18. The molecule has 100 valence electrons. The minimum absolute atomic E-state index is 0.0787. The minimum Gasteiger partial charge on any atom is -0.207 e. The minimum atomic E-state index is -0.187. The summed E-state index contributed by atoms with van der Waals surface area (Å²) >= 11 is 2.37. The van der Waals surface area contributed by atoms with Gasteiger partial charge in [0.15, 0.2) is 0 Å². The third-order valence-corrected chi connectivity index (χ3v) is 4.83. The molecule has 1 aliphatic carbocycles. The normalized spacial score (nSPS) is 17.2. The predicted octanol–water partition coefficient (Wildman–Crippen LogP) is 5.80. The highest BCUT2D eigenvalue weighted by molar-refractivity contribution is 14.1. The lowest BCUT2D eigenvalue weighted by molar-refractivity contribution is 0.625. The fourth-order valence-corrected chi connectivity index (χ4v) is 3.94. The standard InChI is InChI=1S/C18H14FI/c1-11(2)16-15-10-13(19)8-9-14(15)18(20)17(16)12-6-4-3-5-7-12/h3-10,16H,1H2,2H3. The SMILES string of the molecule is C=C(C)C1C(c2ccccc2)=C(I)c2ccc(F)cc21. The fraction of sp³-hybridized carbons (Fsp3) is 0.111. The average Bonchev–Trinajstić information content (AvgIpc) is 2.72. The molecule has 0 aliphatic heterocycles. The van der Waals surface area contributed by atoms with Crippen LogP contribution in [-0.2, 0) is 0 Å². The van der Waals surface area contributed by atoms with Crippen LogP contribution >= 0.6 is 22.6 Å². The predicted molar refractivity (Wildman–Crippen MR) is 91.2 cm³/mol. The van der Waals surface area contributed by atoms with E-state index >= 15 is 0 Å². The van der Waals surface area contributed by atoms with Crippen LogP contribution < -0.4 is 0 Å². The molecule has 2 heteroatoms. The molecule has 0 saturated carbocycles. The Labute approximate surface area is 132 Å². The van der Waals surface area contributed by atoms with E-state index in [1.807, 2.05) is 31.2 Å². The van der Waals surface area contributed by atoms with Gasteiger partial charge in [-0.3, -0.25) is 0 Å². The van der Waals surface area contributed by atoms with Crippen LogP contribution in [0, 0.1) is 5.82 Å². The molecular formula is C18H14FI.